The minimum absolute atomic E-state index is 0.410. The summed E-state index contributed by atoms with van der Waals surface area (Å²) in [6, 6.07) is 3.94. The zero-order valence-corrected chi connectivity index (χ0v) is 11.5. The second-order valence-corrected chi connectivity index (χ2v) is 5.54. The molecule has 106 valence electrons. The van der Waals surface area contributed by atoms with Crippen molar-refractivity contribution in [1.82, 2.24) is 15.1 Å². The van der Waals surface area contributed by atoms with E-state index in [1.807, 2.05) is 18.3 Å². The molecule has 2 aromatic rings. The van der Waals surface area contributed by atoms with Gasteiger partial charge in [-0.3, -0.25) is 4.98 Å². The standard InChI is InChI=1S/C15H20N4O/c16-9-11-3-5-13(6-4-11)15-18-14(19-20-15)8-12-2-1-7-17-10-12/h1-2,7,10-11,13H,3-6,8-9,16H2. The molecule has 0 saturated heterocycles. The molecule has 0 aromatic carbocycles. The maximum atomic E-state index is 5.72. The number of pyridine rings is 1. The summed E-state index contributed by atoms with van der Waals surface area (Å²) in [7, 11) is 0. The Bertz CT molecular complexity index is 532. The van der Waals surface area contributed by atoms with Gasteiger partial charge in [-0.15, -0.1) is 0 Å². The van der Waals surface area contributed by atoms with Crippen LogP contribution in [0.3, 0.4) is 0 Å². The van der Waals surface area contributed by atoms with E-state index in [4.69, 9.17) is 10.3 Å². The third-order valence-electron chi connectivity index (χ3n) is 4.10. The van der Waals surface area contributed by atoms with Crippen LogP contribution in [0.15, 0.2) is 29.0 Å². The summed E-state index contributed by atoms with van der Waals surface area (Å²) in [6.45, 7) is 0.794. The van der Waals surface area contributed by atoms with E-state index in [0.717, 1.165) is 36.7 Å². The fraction of sp³-hybridized carbons (Fsp3) is 0.533. The molecule has 1 fully saturated rings. The molecule has 5 heteroatoms. The number of nitrogens with zero attached hydrogens (tertiary/aromatic N) is 3. The minimum atomic E-state index is 0.410. The molecule has 1 aliphatic rings. The van der Waals surface area contributed by atoms with E-state index in [0.29, 0.717) is 18.3 Å². The maximum absolute atomic E-state index is 5.72. The molecule has 0 amide bonds. The summed E-state index contributed by atoms with van der Waals surface area (Å²) >= 11 is 0. The van der Waals surface area contributed by atoms with Crippen LogP contribution in [0.1, 0.15) is 48.9 Å². The van der Waals surface area contributed by atoms with Gasteiger partial charge in [-0.1, -0.05) is 11.2 Å². The first-order chi connectivity index (χ1) is 9.85. The molecule has 20 heavy (non-hydrogen) atoms. The van der Waals surface area contributed by atoms with Crippen LogP contribution in [0.2, 0.25) is 0 Å². The number of aromatic nitrogens is 3. The lowest BCUT2D eigenvalue weighted by Gasteiger charge is -2.24. The van der Waals surface area contributed by atoms with E-state index in [9.17, 15) is 0 Å². The second kappa shape index (κ2) is 6.13. The van der Waals surface area contributed by atoms with Crippen molar-refractivity contribution >= 4 is 0 Å². The summed E-state index contributed by atoms with van der Waals surface area (Å²) in [5, 5.41) is 4.09. The molecule has 0 atom stereocenters. The van der Waals surface area contributed by atoms with E-state index in [-0.39, 0.29) is 0 Å². The Kier molecular flexibility index (Phi) is 4.06. The zero-order valence-electron chi connectivity index (χ0n) is 11.5. The van der Waals surface area contributed by atoms with Gasteiger partial charge in [0.15, 0.2) is 5.82 Å². The number of hydrogen-bond acceptors (Lipinski definition) is 5. The lowest BCUT2D eigenvalue weighted by molar-refractivity contribution is 0.274. The molecule has 3 rings (SSSR count). The number of nitrogens with two attached hydrogens (primary N) is 1. The van der Waals surface area contributed by atoms with Crippen molar-refractivity contribution in [1.29, 1.82) is 0 Å². The van der Waals surface area contributed by atoms with Crippen LogP contribution in [0, 0.1) is 5.92 Å². The van der Waals surface area contributed by atoms with Crippen molar-refractivity contribution in [2.45, 2.75) is 38.0 Å². The monoisotopic (exact) mass is 272 g/mol. The summed E-state index contributed by atoms with van der Waals surface area (Å²) < 4.78 is 5.43. The Balaban J connectivity index is 1.62. The van der Waals surface area contributed by atoms with Gasteiger partial charge in [0, 0.05) is 24.7 Å². The van der Waals surface area contributed by atoms with Crippen molar-refractivity contribution in [3.63, 3.8) is 0 Å². The first-order valence-electron chi connectivity index (χ1n) is 7.26. The Morgan fingerprint density at radius 1 is 1.25 bits per heavy atom. The smallest absolute Gasteiger partial charge is 0.229 e. The van der Waals surface area contributed by atoms with E-state index < -0.39 is 0 Å². The fourth-order valence-electron chi connectivity index (χ4n) is 2.84. The Labute approximate surface area is 118 Å². The largest absolute Gasteiger partial charge is 0.339 e. The molecular weight excluding hydrogens is 252 g/mol. The second-order valence-electron chi connectivity index (χ2n) is 5.54. The molecule has 0 unspecified atom stereocenters. The van der Waals surface area contributed by atoms with Crippen LogP contribution >= 0.6 is 0 Å². The molecule has 1 saturated carbocycles. The Morgan fingerprint density at radius 3 is 2.80 bits per heavy atom. The third-order valence-corrected chi connectivity index (χ3v) is 4.10. The van der Waals surface area contributed by atoms with Crippen LogP contribution in [-0.4, -0.2) is 21.7 Å². The highest BCUT2D eigenvalue weighted by molar-refractivity contribution is 5.14. The fourth-order valence-corrected chi connectivity index (χ4v) is 2.84. The zero-order chi connectivity index (χ0) is 13.8. The molecule has 1 aliphatic carbocycles. The first-order valence-corrected chi connectivity index (χ1v) is 7.26. The highest BCUT2D eigenvalue weighted by atomic mass is 16.5. The predicted octanol–water partition coefficient (Wildman–Crippen LogP) is 2.29. The number of hydrogen-bond donors (Lipinski definition) is 1. The van der Waals surface area contributed by atoms with Gasteiger partial charge < -0.3 is 10.3 Å². The highest BCUT2D eigenvalue weighted by Crippen LogP contribution is 2.34. The average Bonchev–Trinajstić information content (AvgIpc) is 2.97. The molecule has 0 radical (unpaired) electrons. The van der Waals surface area contributed by atoms with Crippen molar-refractivity contribution in [3.8, 4) is 0 Å². The van der Waals surface area contributed by atoms with Gasteiger partial charge in [-0.05, 0) is 49.8 Å². The van der Waals surface area contributed by atoms with Crippen LogP contribution in [0.25, 0.3) is 0 Å². The van der Waals surface area contributed by atoms with Crippen molar-refractivity contribution in [2.24, 2.45) is 11.7 Å². The summed E-state index contributed by atoms with van der Waals surface area (Å²) in [5.41, 5.74) is 6.82. The van der Waals surface area contributed by atoms with E-state index in [1.54, 1.807) is 6.20 Å². The molecular formula is C15H20N4O. The van der Waals surface area contributed by atoms with Gasteiger partial charge in [0.1, 0.15) is 0 Å². The summed E-state index contributed by atoms with van der Waals surface area (Å²) in [4.78, 5) is 8.64. The predicted molar refractivity (Wildman–Crippen MR) is 75.1 cm³/mol. The van der Waals surface area contributed by atoms with Gasteiger partial charge in [0.2, 0.25) is 5.89 Å². The molecule has 2 aromatic heterocycles. The molecule has 2 N–H and O–H groups in total. The lowest BCUT2D eigenvalue weighted by Crippen LogP contribution is -2.20. The lowest BCUT2D eigenvalue weighted by atomic mass is 9.82. The van der Waals surface area contributed by atoms with Crippen LogP contribution < -0.4 is 5.73 Å². The highest BCUT2D eigenvalue weighted by Gasteiger charge is 2.25. The molecule has 0 bridgehead atoms. The topological polar surface area (TPSA) is 77.8 Å². The van der Waals surface area contributed by atoms with Crippen LogP contribution in [0.4, 0.5) is 0 Å². The normalized spacial score (nSPS) is 22.9. The Morgan fingerprint density at radius 2 is 2.10 bits per heavy atom. The van der Waals surface area contributed by atoms with Gasteiger partial charge in [-0.2, -0.15) is 4.98 Å². The van der Waals surface area contributed by atoms with Gasteiger partial charge in [0.25, 0.3) is 0 Å². The molecule has 0 aliphatic heterocycles. The first kappa shape index (κ1) is 13.2. The van der Waals surface area contributed by atoms with Gasteiger partial charge in [0.05, 0.1) is 0 Å². The van der Waals surface area contributed by atoms with Gasteiger partial charge in [-0.25, -0.2) is 0 Å². The summed E-state index contributed by atoms with van der Waals surface area (Å²) in [6.07, 6.45) is 8.83. The molecule has 5 nitrogen and oxygen atoms in total. The van der Waals surface area contributed by atoms with Crippen molar-refractivity contribution in [3.05, 3.63) is 41.8 Å². The third kappa shape index (κ3) is 3.04. The maximum Gasteiger partial charge on any atom is 0.229 e. The molecule has 2 heterocycles. The summed E-state index contributed by atoms with van der Waals surface area (Å²) in [5.74, 6) is 2.62. The van der Waals surface area contributed by atoms with Crippen LogP contribution in [0.5, 0.6) is 0 Å². The SMILES string of the molecule is NCC1CCC(c2nc(Cc3cccnc3)no2)CC1. The number of rotatable bonds is 4. The minimum Gasteiger partial charge on any atom is -0.339 e. The van der Waals surface area contributed by atoms with Crippen molar-refractivity contribution in [2.75, 3.05) is 6.54 Å². The van der Waals surface area contributed by atoms with Crippen LogP contribution in [-0.2, 0) is 6.42 Å². The van der Waals surface area contributed by atoms with E-state index >= 15 is 0 Å². The van der Waals surface area contributed by atoms with E-state index in [2.05, 4.69) is 15.1 Å². The average molecular weight is 272 g/mol. The van der Waals surface area contributed by atoms with Gasteiger partial charge >= 0.3 is 0 Å². The quantitative estimate of drug-likeness (QED) is 0.924. The van der Waals surface area contributed by atoms with E-state index in [1.165, 1.54) is 12.8 Å². The molecule has 0 spiro atoms. The Hall–Kier alpha value is -1.75. The van der Waals surface area contributed by atoms with Crippen molar-refractivity contribution < 1.29 is 4.52 Å².